The van der Waals surface area contributed by atoms with Crippen LogP contribution in [0.25, 0.3) is 0 Å². The highest BCUT2D eigenvalue weighted by Crippen LogP contribution is 2.44. The third-order valence-electron chi connectivity index (χ3n) is 5.62. The molecule has 2 aromatic rings. The number of thioether (sulfide) groups is 1. The minimum atomic E-state index is -0.442. The minimum absolute atomic E-state index is 0.122. The molecule has 4 heterocycles. The summed E-state index contributed by atoms with van der Waals surface area (Å²) < 4.78 is 11.6. The topological polar surface area (TPSA) is 42.0 Å². The van der Waals surface area contributed by atoms with Gasteiger partial charge in [0, 0.05) is 42.6 Å². The van der Waals surface area contributed by atoms with Crippen molar-refractivity contribution in [2.24, 2.45) is 0 Å². The molecule has 7 heteroatoms. The molecule has 3 aliphatic heterocycles. The van der Waals surface area contributed by atoms with E-state index in [1.165, 1.54) is 10.6 Å². The number of piperidine rings is 1. The molecular formula is C21H24N2O3S2. The van der Waals surface area contributed by atoms with Crippen molar-refractivity contribution in [1.82, 2.24) is 4.90 Å². The van der Waals surface area contributed by atoms with E-state index in [1.807, 2.05) is 22.7 Å². The molecule has 28 heavy (non-hydrogen) atoms. The lowest BCUT2D eigenvalue weighted by atomic mass is 10.0. The first kappa shape index (κ1) is 18.5. The standard InChI is InChI=1S/C21H24N2O3S2/c1-15-14-23(16-4-2-3-5-17(16)27-15)19-7-6-18(28-19)20(24)22-10-8-21(9-11-22)25-12-13-26-21/h2-7,15H,8-14H2,1H3. The molecule has 0 bridgehead atoms. The first-order valence-electron chi connectivity index (χ1n) is 9.84. The molecule has 2 fully saturated rings. The van der Waals surface area contributed by atoms with Crippen molar-refractivity contribution in [3.63, 3.8) is 0 Å². The van der Waals surface area contributed by atoms with Gasteiger partial charge in [-0.1, -0.05) is 19.1 Å². The predicted octanol–water partition coefficient (Wildman–Crippen LogP) is 4.36. The largest absolute Gasteiger partial charge is 0.347 e. The summed E-state index contributed by atoms with van der Waals surface area (Å²) in [4.78, 5) is 19.4. The summed E-state index contributed by atoms with van der Waals surface area (Å²) in [5.41, 5.74) is 1.24. The number of ether oxygens (including phenoxy) is 2. The van der Waals surface area contributed by atoms with E-state index >= 15 is 0 Å². The number of nitrogens with zero attached hydrogens (tertiary/aromatic N) is 2. The summed E-state index contributed by atoms with van der Waals surface area (Å²) in [5, 5.41) is 1.65. The Kier molecular flexibility index (Phi) is 4.87. The second-order valence-electron chi connectivity index (χ2n) is 7.54. The van der Waals surface area contributed by atoms with Crippen LogP contribution in [0.5, 0.6) is 0 Å². The lowest BCUT2D eigenvalue weighted by Crippen LogP contribution is -2.47. The normalized spacial score (nSPS) is 23.8. The Morgan fingerprint density at radius 1 is 1.11 bits per heavy atom. The summed E-state index contributed by atoms with van der Waals surface area (Å²) in [6.45, 7) is 5.91. The van der Waals surface area contributed by atoms with Crippen LogP contribution in [-0.2, 0) is 9.47 Å². The van der Waals surface area contributed by atoms with Crippen LogP contribution in [0.3, 0.4) is 0 Å². The molecule has 0 N–H and O–H groups in total. The molecule has 5 nitrogen and oxygen atoms in total. The summed E-state index contributed by atoms with van der Waals surface area (Å²) in [5.74, 6) is -0.320. The molecule has 0 aliphatic carbocycles. The number of para-hydroxylation sites is 1. The zero-order valence-electron chi connectivity index (χ0n) is 15.9. The first-order valence-corrected chi connectivity index (χ1v) is 11.5. The highest BCUT2D eigenvalue weighted by molar-refractivity contribution is 8.00. The highest BCUT2D eigenvalue weighted by atomic mass is 32.2. The minimum Gasteiger partial charge on any atom is -0.347 e. The number of carbonyl (C=O) groups is 1. The van der Waals surface area contributed by atoms with Crippen molar-refractivity contribution in [3.8, 4) is 0 Å². The highest BCUT2D eigenvalue weighted by Gasteiger charge is 2.41. The van der Waals surface area contributed by atoms with Crippen molar-refractivity contribution in [3.05, 3.63) is 41.3 Å². The predicted molar refractivity (Wildman–Crippen MR) is 113 cm³/mol. The van der Waals surface area contributed by atoms with Crippen molar-refractivity contribution in [2.75, 3.05) is 37.7 Å². The van der Waals surface area contributed by atoms with E-state index < -0.39 is 5.79 Å². The van der Waals surface area contributed by atoms with Gasteiger partial charge in [0.15, 0.2) is 5.79 Å². The van der Waals surface area contributed by atoms with Crippen molar-refractivity contribution in [1.29, 1.82) is 0 Å². The number of thiophene rings is 1. The third-order valence-corrected chi connectivity index (χ3v) is 7.87. The molecule has 1 aromatic heterocycles. The van der Waals surface area contributed by atoms with E-state index in [0.717, 1.165) is 29.3 Å². The fourth-order valence-electron chi connectivity index (χ4n) is 4.18. The Balaban J connectivity index is 1.32. The molecule has 5 rings (SSSR count). The SMILES string of the molecule is CC1CN(c2ccc(C(=O)N3CCC4(CC3)OCCO4)s2)c2ccccc2S1. The van der Waals surface area contributed by atoms with Crippen LogP contribution in [0.4, 0.5) is 10.7 Å². The van der Waals surface area contributed by atoms with E-state index in [0.29, 0.717) is 31.6 Å². The first-order chi connectivity index (χ1) is 13.6. The number of amides is 1. The molecule has 1 atom stereocenters. The van der Waals surface area contributed by atoms with Gasteiger partial charge in [-0.2, -0.15) is 0 Å². The van der Waals surface area contributed by atoms with E-state index in [9.17, 15) is 4.79 Å². The lowest BCUT2D eigenvalue weighted by Gasteiger charge is -2.37. The molecule has 3 aliphatic rings. The molecule has 1 unspecified atom stereocenters. The van der Waals surface area contributed by atoms with Gasteiger partial charge in [-0.25, -0.2) is 0 Å². The van der Waals surface area contributed by atoms with Crippen LogP contribution < -0.4 is 4.90 Å². The molecular weight excluding hydrogens is 392 g/mol. The fourth-order valence-corrected chi connectivity index (χ4v) is 6.29. The van der Waals surface area contributed by atoms with Crippen molar-refractivity contribution >= 4 is 39.7 Å². The van der Waals surface area contributed by atoms with Gasteiger partial charge in [0.1, 0.15) is 0 Å². The van der Waals surface area contributed by atoms with Crippen LogP contribution in [0.15, 0.2) is 41.3 Å². The monoisotopic (exact) mass is 416 g/mol. The molecule has 1 aromatic carbocycles. The molecule has 1 spiro atoms. The number of rotatable bonds is 2. The van der Waals surface area contributed by atoms with Gasteiger partial charge in [0.2, 0.25) is 0 Å². The average molecular weight is 417 g/mol. The second kappa shape index (κ2) is 7.37. The average Bonchev–Trinajstić information content (AvgIpc) is 3.38. The van der Waals surface area contributed by atoms with Crippen molar-refractivity contribution in [2.45, 2.75) is 35.7 Å². The Morgan fingerprint density at radius 3 is 2.64 bits per heavy atom. The van der Waals surface area contributed by atoms with Gasteiger partial charge in [0.25, 0.3) is 5.91 Å². The van der Waals surface area contributed by atoms with Crippen LogP contribution in [0, 0.1) is 0 Å². The molecule has 0 saturated carbocycles. The van der Waals surface area contributed by atoms with Crippen LogP contribution in [-0.4, -0.2) is 54.7 Å². The number of hydrogen-bond donors (Lipinski definition) is 0. The Morgan fingerprint density at radius 2 is 1.86 bits per heavy atom. The summed E-state index contributed by atoms with van der Waals surface area (Å²) in [6, 6.07) is 12.6. The smallest absolute Gasteiger partial charge is 0.264 e. The van der Waals surface area contributed by atoms with Gasteiger partial charge < -0.3 is 19.3 Å². The molecule has 1 amide bonds. The van der Waals surface area contributed by atoms with E-state index in [-0.39, 0.29) is 5.91 Å². The number of anilines is 2. The van der Waals surface area contributed by atoms with Crippen molar-refractivity contribution < 1.29 is 14.3 Å². The van der Waals surface area contributed by atoms with E-state index in [1.54, 1.807) is 11.3 Å². The number of likely N-dealkylation sites (tertiary alicyclic amines) is 1. The maximum Gasteiger partial charge on any atom is 0.264 e. The van der Waals surface area contributed by atoms with Gasteiger partial charge in [-0.05, 0) is 24.3 Å². The zero-order chi connectivity index (χ0) is 19.1. The van der Waals surface area contributed by atoms with Gasteiger partial charge in [-0.15, -0.1) is 23.1 Å². The van der Waals surface area contributed by atoms with Gasteiger partial charge >= 0.3 is 0 Å². The van der Waals surface area contributed by atoms with Gasteiger partial charge in [0.05, 0.1) is 28.8 Å². The van der Waals surface area contributed by atoms with Crippen LogP contribution in [0.2, 0.25) is 0 Å². The summed E-state index contributed by atoms with van der Waals surface area (Å²) in [6.07, 6.45) is 1.51. The Bertz CT molecular complexity index is 868. The van der Waals surface area contributed by atoms with Crippen LogP contribution in [0.1, 0.15) is 29.4 Å². The Hall–Kier alpha value is -1.54. The van der Waals surface area contributed by atoms with E-state index in [2.05, 4.69) is 42.2 Å². The van der Waals surface area contributed by atoms with Crippen LogP contribution >= 0.6 is 23.1 Å². The molecule has 148 valence electrons. The number of carbonyl (C=O) groups excluding carboxylic acids is 1. The van der Waals surface area contributed by atoms with E-state index in [4.69, 9.17) is 9.47 Å². The lowest BCUT2D eigenvalue weighted by molar-refractivity contribution is -0.181. The Labute approximate surface area is 173 Å². The number of fused-ring (bicyclic) bond motifs is 1. The number of benzene rings is 1. The second-order valence-corrected chi connectivity index (χ2v) is 10.1. The fraction of sp³-hybridized carbons (Fsp3) is 0.476. The third kappa shape index (κ3) is 3.34. The number of hydrogen-bond acceptors (Lipinski definition) is 6. The summed E-state index contributed by atoms with van der Waals surface area (Å²) >= 11 is 3.51. The van der Waals surface area contributed by atoms with Gasteiger partial charge in [-0.3, -0.25) is 4.79 Å². The quantitative estimate of drug-likeness (QED) is 0.728. The zero-order valence-corrected chi connectivity index (χ0v) is 17.6. The maximum atomic E-state index is 13.0. The molecule has 0 radical (unpaired) electrons. The molecule has 2 saturated heterocycles. The maximum absolute atomic E-state index is 13.0. The summed E-state index contributed by atoms with van der Waals surface area (Å²) in [7, 11) is 0.